The second-order valence-corrected chi connectivity index (χ2v) is 6.66. The lowest BCUT2D eigenvalue weighted by Crippen LogP contribution is -2.43. The molecule has 0 radical (unpaired) electrons. The molecule has 1 aromatic heterocycles. The first-order valence-electron chi connectivity index (χ1n) is 8.88. The lowest BCUT2D eigenvalue weighted by Gasteiger charge is -2.24. The second kappa shape index (κ2) is 10.1. The lowest BCUT2D eigenvalue weighted by molar-refractivity contribution is 0.288. The van der Waals surface area contributed by atoms with Gasteiger partial charge in [-0.25, -0.2) is 4.98 Å². The first-order chi connectivity index (χ1) is 11.3. The number of ether oxygens (including phenoxy) is 1. The third-order valence-electron chi connectivity index (χ3n) is 4.59. The smallest absolute Gasteiger partial charge is 0.213 e. The molecule has 0 amide bonds. The highest BCUT2D eigenvalue weighted by Gasteiger charge is 2.22. The molecule has 6 heteroatoms. The van der Waals surface area contributed by atoms with Crippen LogP contribution in [0.4, 0.5) is 0 Å². The van der Waals surface area contributed by atoms with Crippen molar-refractivity contribution in [2.45, 2.75) is 57.5 Å². The SMILES string of the molecule is CN=C(NCc1ccc(OCC2CC2)nc1)NC1CCCCC1.I. The van der Waals surface area contributed by atoms with Crippen molar-refractivity contribution in [2.24, 2.45) is 10.9 Å². The van der Waals surface area contributed by atoms with Crippen LogP contribution in [0.15, 0.2) is 23.3 Å². The van der Waals surface area contributed by atoms with Crippen molar-refractivity contribution in [1.82, 2.24) is 15.6 Å². The molecule has 0 aromatic carbocycles. The minimum Gasteiger partial charge on any atom is -0.477 e. The number of hydrogen-bond donors (Lipinski definition) is 2. The van der Waals surface area contributed by atoms with Crippen molar-refractivity contribution in [3.8, 4) is 5.88 Å². The monoisotopic (exact) mass is 444 g/mol. The zero-order valence-corrected chi connectivity index (χ0v) is 16.8. The van der Waals surface area contributed by atoms with Crippen molar-refractivity contribution in [3.63, 3.8) is 0 Å². The van der Waals surface area contributed by atoms with Crippen LogP contribution in [-0.4, -0.2) is 30.6 Å². The summed E-state index contributed by atoms with van der Waals surface area (Å²) in [5, 5.41) is 6.89. The summed E-state index contributed by atoms with van der Waals surface area (Å²) in [4.78, 5) is 8.70. The van der Waals surface area contributed by atoms with Crippen LogP contribution in [0.5, 0.6) is 5.88 Å². The van der Waals surface area contributed by atoms with Crippen LogP contribution in [-0.2, 0) is 6.54 Å². The molecule has 0 bridgehead atoms. The van der Waals surface area contributed by atoms with Gasteiger partial charge in [-0.3, -0.25) is 4.99 Å². The minimum absolute atomic E-state index is 0. The highest BCUT2D eigenvalue weighted by Crippen LogP contribution is 2.29. The number of aromatic nitrogens is 1. The van der Waals surface area contributed by atoms with Crippen LogP contribution in [0.1, 0.15) is 50.5 Å². The maximum Gasteiger partial charge on any atom is 0.213 e. The molecule has 1 aromatic rings. The normalized spacial score (nSPS) is 18.6. The van der Waals surface area contributed by atoms with Gasteiger partial charge in [-0.1, -0.05) is 25.3 Å². The Kier molecular flexibility index (Phi) is 8.08. The van der Waals surface area contributed by atoms with Gasteiger partial charge in [-0.2, -0.15) is 0 Å². The molecule has 3 rings (SSSR count). The van der Waals surface area contributed by atoms with Gasteiger partial charge < -0.3 is 15.4 Å². The molecule has 5 nitrogen and oxygen atoms in total. The fourth-order valence-electron chi connectivity index (χ4n) is 2.91. The predicted molar refractivity (Wildman–Crippen MR) is 108 cm³/mol. The number of hydrogen-bond acceptors (Lipinski definition) is 3. The maximum absolute atomic E-state index is 5.66. The fraction of sp³-hybridized carbons (Fsp3) is 0.667. The summed E-state index contributed by atoms with van der Waals surface area (Å²) in [5.74, 6) is 2.36. The molecule has 1 heterocycles. The van der Waals surface area contributed by atoms with E-state index in [9.17, 15) is 0 Å². The fourth-order valence-corrected chi connectivity index (χ4v) is 2.91. The van der Waals surface area contributed by atoms with Crippen molar-refractivity contribution in [3.05, 3.63) is 23.9 Å². The summed E-state index contributed by atoms with van der Waals surface area (Å²) in [6, 6.07) is 4.58. The molecule has 2 saturated carbocycles. The zero-order valence-electron chi connectivity index (χ0n) is 14.5. The van der Waals surface area contributed by atoms with Crippen LogP contribution < -0.4 is 15.4 Å². The van der Waals surface area contributed by atoms with Gasteiger partial charge in [0, 0.05) is 31.9 Å². The van der Waals surface area contributed by atoms with Gasteiger partial charge in [0.15, 0.2) is 5.96 Å². The summed E-state index contributed by atoms with van der Waals surface area (Å²) in [6.45, 7) is 1.53. The average Bonchev–Trinajstić information content (AvgIpc) is 3.43. The molecule has 2 aliphatic rings. The standard InChI is InChI=1S/C18H28N4O.HI/c1-19-18(22-16-5-3-2-4-6-16)21-12-15-9-10-17(20-11-15)23-13-14-7-8-14;/h9-11,14,16H,2-8,12-13H2,1H3,(H2,19,21,22);1H. The molecule has 24 heavy (non-hydrogen) atoms. The second-order valence-electron chi connectivity index (χ2n) is 6.66. The molecular weight excluding hydrogens is 415 g/mol. The Bertz CT molecular complexity index is 510. The lowest BCUT2D eigenvalue weighted by atomic mass is 9.96. The third-order valence-corrected chi connectivity index (χ3v) is 4.59. The molecule has 134 valence electrons. The van der Waals surface area contributed by atoms with Crippen LogP contribution in [0, 0.1) is 5.92 Å². The summed E-state index contributed by atoms with van der Waals surface area (Å²) >= 11 is 0. The average molecular weight is 444 g/mol. The first kappa shape index (κ1) is 19.3. The number of nitrogens with one attached hydrogen (secondary N) is 2. The van der Waals surface area contributed by atoms with Crippen molar-refractivity contribution >= 4 is 29.9 Å². The zero-order chi connectivity index (χ0) is 15.9. The van der Waals surface area contributed by atoms with Gasteiger partial charge in [-0.15, -0.1) is 24.0 Å². The summed E-state index contributed by atoms with van der Waals surface area (Å²) in [7, 11) is 1.82. The Morgan fingerprint density at radius 1 is 1.21 bits per heavy atom. The molecule has 2 fully saturated rings. The van der Waals surface area contributed by atoms with Gasteiger partial charge in [0.1, 0.15) is 0 Å². The topological polar surface area (TPSA) is 58.5 Å². The van der Waals surface area contributed by atoms with E-state index in [1.54, 1.807) is 0 Å². The van der Waals surface area contributed by atoms with Gasteiger partial charge in [0.25, 0.3) is 0 Å². The van der Waals surface area contributed by atoms with Crippen LogP contribution in [0.25, 0.3) is 0 Å². The van der Waals surface area contributed by atoms with E-state index in [-0.39, 0.29) is 24.0 Å². The van der Waals surface area contributed by atoms with E-state index in [0.29, 0.717) is 6.04 Å². The van der Waals surface area contributed by atoms with Gasteiger partial charge in [0.05, 0.1) is 6.61 Å². The summed E-state index contributed by atoms with van der Waals surface area (Å²) in [5.41, 5.74) is 1.13. The number of halogens is 1. The largest absolute Gasteiger partial charge is 0.477 e. The van der Waals surface area contributed by atoms with Crippen LogP contribution >= 0.6 is 24.0 Å². The van der Waals surface area contributed by atoms with E-state index in [1.165, 1.54) is 44.9 Å². The molecule has 0 saturated heterocycles. The Hall–Kier alpha value is -1.05. The number of pyridine rings is 1. The van der Waals surface area contributed by atoms with E-state index >= 15 is 0 Å². The van der Waals surface area contributed by atoms with Crippen molar-refractivity contribution in [1.29, 1.82) is 0 Å². The molecule has 2 N–H and O–H groups in total. The van der Waals surface area contributed by atoms with E-state index in [1.807, 2.05) is 19.3 Å². The van der Waals surface area contributed by atoms with E-state index in [0.717, 1.165) is 36.5 Å². The number of rotatable bonds is 6. The Labute approximate surface area is 162 Å². The molecule has 0 atom stereocenters. The maximum atomic E-state index is 5.66. The molecule has 0 unspecified atom stereocenters. The summed E-state index contributed by atoms with van der Waals surface area (Å²) < 4.78 is 5.66. The van der Waals surface area contributed by atoms with Crippen molar-refractivity contribution < 1.29 is 4.74 Å². The van der Waals surface area contributed by atoms with E-state index < -0.39 is 0 Å². The van der Waals surface area contributed by atoms with Gasteiger partial charge >= 0.3 is 0 Å². The number of guanidine groups is 1. The van der Waals surface area contributed by atoms with E-state index in [2.05, 4.69) is 26.7 Å². The molecule has 0 aliphatic heterocycles. The van der Waals surface area contributed by atoms with Crippen molar-refractivity contribution in [2.75, 3.05) is 13.7 Å². The van der Waals surface area contributed by atoms with Crippen LogP contribution in [0.3, 0.4) is 0 Å². The predicted octanol–water partition coefficient (Wildman–Crippen LogP) is 3.49. The molecule has 2 aliphatic carbocycles. The molecule has 0 spiro atoms. The first-order valence-corrected chi connectivity index (χ1v) is 8.88. The van der Waals surface area contributed by atoms with Crippen LogP contribution in [0.2, 0.25) is 0 Å². The Balaban J connectivity index is 0.00000208. The Morgan fingerprint density at radius 2 is 2.00 bits per heavy atom. The summed E-state index contributed by atoms with van der Waals surface area (Å²) in [6.07, 6.45) is 11.0. The van der Waals surface area contributed by atoms with Gasteiger partial charge in [-0.05, 0) is 37.2 Å². The van der Waals surface area contributed by atoms with E-state index in [4.69, 9.17) is 4.74 Å². The molecular formula is C18H29IN4O. The Morgan fingerprint density at radius 3 is 2.62 bits per heavy atom. The number of nitrogens with zero attached hydrogens (tertiary/aromatic N) is 2. The number of aliphatic imine (C=N–C) groups is 1. The van der Waals surface area contributed by atoms with Gasteiger partial charge in [0.2, 0.25) is 5.88 Å². The quantitative estimate of drug-likeness (QED) is 0.401. The third kappa shape index (κ3) is 6.45. The minimum atomic E-state index is 0. The highest BCUT2D eigenvalue weighted by atomic mass is 127. The highest BCUT2D eigenvalue weighted by molar-refractivity contribution is 14.0.